The summed E-state index contributed by atoms with van der Waals surface area (Å²) in [5.41, 5.74) is 6.44. The lowest BCUT2D eigenvalue weighted by molar-refractivity contribution is -0.123. The summed E-state index contributed by atoms with van der Waals surface area (Å²) >= 11 is 1.53. The summed E-state index contributed by atoms with van der Waals surface area (Å²) in [6, 6.07) is 8.52. The monoisotopic (exact) mass is 359 g/mol. The maximum absolute atomic E-state index is 12.4. The number of aryl methyl sites for hydroxylation is 1. The first-order valence-corrected chi connectivity index (χ1v) is 9.14. The number of carbonyl (C=O) groups is 2. The normalized spacial score (nSPS) is 17.4. The van der Waals surface area contributed by atoms with Crippen LogP contribution in [-0.4, -0.2) is 18.0 Å². The van der Waals surface area contributed by atoms with Crippen molar-refractivity contribution < 1.29 is 19.1 Å². The van der Waals surface area contributed by atoms with E-state index in [4.69, 9.17) is 15.2 Å². The molecule has 2 aromatic rings. The molecule has 2 atom stereocenters. The van der Waals surface area contributed by atoms with Crippen LogP contribution in [0.15, 0.2) is 30.3 Å². The number of thiophene rings is 1. The van der Waals surface area contributed by atoms with Crippen molar-refractivity contribution in [3.63, 3.8) is 0 Å². The van der Waals surface area contributed by atoms with Gasteiger partial charge in [-0.1, -0.05) is 6.92 Å². The summed E-state index contributed by atoms with van der Waals surface area (Å²) in [6.45, 7) is 3.82. The lowest BCUT2D eigenvalue weighted by Gasteiger charge is -2.16. The van der Waals surface area contributed by atoms with E-state index in [1.165, 1.54) is 28.2 Å². The minimum atomic E-state index is -0.715. The highest BCUT2D eigenvalue weighted by Gasteiger charge is 2.21. The second-order valence-corrected chi connectivity index (χ2v) is 7.57. The molecule has 0 spiro atoms. The Balaban J connectivity index is 1.64. The topological polar surface area (TPSA) is 78.6 Å². The van der Waals surface area contributed by atoms with Gasteiger partial charge in [-0.05, 0) is 68.0 Å². The van der Waals surface area contributed by atoms with Crippen molar-refractivity contribution in [1.29, 1.82) is 0 Å². The van der Waals surface area contributed by atoms with Crippen molar-refractivity contribution >= 4 is 23.2 Å². The van der Waals surface area contributed by atoms with E-state index in [1.807, 2.05) is 6.07 Å². The summed E-state index contributed by atoms with van der Waals surface area (Å²) < 4.78 is 10.8. The van der Waals surface area contributed by atoms with E-state index in [1.54, 1.807) is 31.2 Å². The van der Waals surface area contributed by atoms with Crippen molar-refractivity contribution in [2.45, 2.75) is 39.2 Å². The molecule has 25 heavy (non-hydrogen) atoms. The smallest absolute Gasteiger partial charge is 0.353 e. The molecule has 0 saturated heterocycles. The Labute approximate surface area is 150 Å². The van der Waals surface area contributed by atoms with Gasteiger partial charge in [-0.2, -0.15) is 0 Å². The number of fused-ring (bicyclic) bond motifs is 1. The fourth-order valence-corrected chi connectivity index (χ4v) is 3.90. The molecule has 1 amide bonds. The molecule has 6 heteroatoms. The standard InChI is InChI=1S/C19H21NO4S/c1-11-3-8-16-13(9-11)10-17(25-16)19(22)24-15-6-4-14(5-7-15)23-12(2)18(20)21/h4-7,10-12H,3,8-9H2,1-2H3,(H2,20,21)/t11-,12+/m0/s1. The van der Waals surface area contributed by atoms with E-state index < -0.39 is 12.0 Å². The van der Waals surface area contributed by atoms with Gasteiger partial charge >= 0.3 is 5.97 Å². The second kappa shape index (κ2) is 7.27. The summed E-state index contributed by atoms with van der Waals surface area (Å²) in [6.07, 6.45) is 2.53. The fourth-order valence-electron chi connectivity index (χ4n) is 2.81. The molecule has 1 heterocycles. The molecule has 0 fully saturated rings. The number of rotatable bonds is 5. The number of primary amides is 1. The van der Waals surface area contributed by atoms with Crippen molar-refractivity contribution in [2.75, 3.05) is 0 Å². The Morgan fingerprint density at radius 1 is 1.24 bits per heavy atom. The maximum Gasteiger partial charge on any atom is 0.353 e. The highest BCUT2D eigenvalue weighted by molar-refractivity contribution is 7.14. The van der Waals surface area contributed by atoms with Gasteiger partial charge in [-0.3, -0.25) is 4.79 Å². The molecule has 1 aliphatic carbocycles. The third kappa shape index (κ3) is 4.20. The third-order valence-electron chi connectivity index (χ3n) is 4.28. The number of nitrogens with two attached hydrogens (primary N) is 1. The Morgan fingerprint density at radius 2 is 1.92 bits per heavy atom. The zero-order valence-corrected chi connectivity index (χ0v) is 15.1. The summed E-state index contributed by atoms with van der Waals surface area (Å²) in [7, 11) is 0. The average Bonchev–Trinajstić information content (AvgIpc) is 2.99. The van der Waals surface area contributed by atoms with Crippen molar-refractivity contribution in [2.24, 2.45) is 11.7 Å². The quantitative estimate of drug-likeness (QED) is 0.656. The minimum absolute atomic E-state index is 0.341. The van der Waals surface area contributed by atoms with Gasteiger partial charge in [0, 0.05) is 4.88 Å². The van der Waals surface area contributed by atoms with Crippen LogP contribution in [0.1, 0.15) is 40.4 Å². The third-order valence-corrected chi connectivity index (χ3v) is 5.50. The first-order valence-electron chi connectivity index (χ1n) is 8.32. The lowest BCUT2D eigenvalue weighted by Crippen LogP contribution is -2.30. The van der Waals surface area contributed by atoms with Gasteiger partial charge in [0.1, 0.15) is 16.4 Å². The Hall–Kier alpha value is -2.34. The van der Waals surface area contributed by atoms with E-state index in [0.717, 1.165) is 12.8 Å². The largest absolute Gasteiger partial charge is 0.481 e. The van der Waals surface area contributed by atoms with Crippen LogP contribution in [0.5, 0.6) is 11.5 Å². The predicted molar refractivity (Wildman–Crippen MR) is 96.2 cm³/mol. The highest BCUT2D eigenvalue weighted by Crippen LogP contribution is 2.32. The van der Waals surface area contributed by atoms with Crippen LogP contribution in [-0.2, 0) is 17.6 Å². The first kappa shape index (κ1) is 17.5. The van der Waals surface area contributed by atoms with Gasteiger partial charge in [-0.15, -0.1) is 11.3 Å². The molecule has 0 unspecified atom stereocenters. The van der Waals surface area contributed by atoms with Gasteiger partial charge in [-0.25, -0.2) is 4.79 Å². The van der Waals surface area contributed by atoms with Crippen LogP contribution >= 0.6 is 11.3 Å². The van der Waals surface area contributed by atoms with Gasteiger partial charge in [0.2, 0.25) is 0 Å². The minimum Gasteiger partial charge on any atom is -0.481 e. The van der Waals surface area contributed by atoms with Crippen LogP contribution < -0.4 is 15.2 Å². The van der Waals surface area contributed by atoms with Crippen molar-refractivity contribution in [3.05, 3.63) is 45.6 Å². The van der Waals surface area contributed by atoms with Gasteiger partial charge in [0.25, 0.3) is 5.91 Å². The van der Waals surface area contributed by atoms with E-state index in [0.29, 0.717) is 22.3 Å². The Kier molecular flexibility index (Phi) is 5.08. The Bertz CT molecular complexity index is 781. The molecule has 1 aliphatic rings. The van der Waals surface area contributed by atoms with Crippen molar-refractivity contribution in [3.8, 4) is 11.5 Å². The molecule has 3 rings (SSSR count). The molecule has 0 bridgehead atoms. The number of benzene rings is 1. The van der Waals surface area contributed by atoms with Crippen LogP contribution in [0.3, 0.4) is 0 Å². The molecule has 0 radical (unpaired) electrons. The number of hydrogen-bond donors (Lipinski definition) is 1. The van der Waals surface area contributed by atoms with E-state index >= 15 is 0 Å². The maximum atomic E-state index is 12.4. The van der Waals surface area contributed by atoms with Crippen LogP contribution in [0.4, 0.5) is 0 Å². The summed E-state index contributed by atoms with van der Waals surface area (Å²) in [5, 5.41) is 0. The first-order chi connectivity index (χ1) is 11.9. The number of hydrogen-bond acceptors (Lipinski definition) is 5. The van der Waals surface area contributed by atoms with Crippen LogP contribution in [0, 0.1) is 5.92 Å². The molecule has 1 aromatic carbocycles. The van der Waals surface area contributed by atoms with Gasteiger partial charge in [0.05, 0.1) is 0 Å². The number of ether oxygens (including phenoxy) is 2. The number of amides is 1. The number of carbonyl (C=O) groups excluding carboxylic acids is 2. The second-order valence-electron chi connectivity index (χ2n) is 6.43. The molecule has 5 nitrogen and oxygen atoms in total. The van der Waals surface area contributed by atoms with Gasteiger partial charge < -0.3 is 15.2 Å². The molecular weight excluding hydrogens is 338 g/mol. The molecule has 1 aromatic heterocycles. The van der Waals surface area contributed by atoms with E-state index in [2.05, 4.69) is 6.92 Å². The summed E-state index contributed by atoms with van der Waals surface area (Å²) in [4.78, 5) is 25.3. The Morgan fingerprint density at radius 3 is 2.60 bits per heavy atom. The number of esters is 1. The van der Waals surface area contributed by atoms with Crippen molar-refractivity contribution in [1.82, 2.24) is 0 Å². The predicted octanol–water partition coefficient (Wildman–Crippen LogP) is 3.34. The van der Waals surface area contributed by atoms with Crippen LogP contribution in [0.2, 0.25) is 0 Å². The highest BCUT2D eigenvalue weighted by atomic mass is 32.1. The molecule has 132 valence electrons. The van der Waals surface area contributed by atoms with E-state index in [-0.39, 0.29) is 5.97 Å². The molecule has 0 aliphatic heterocycles. The lowest BCUT2D eigenvalue weighted by atomic mass is 9.90. The van der Waals surface area contributed by atoms with Gasteiger partial charge in [0.15, 0.2) is 6.10 Å². The van der Waals surface area contributed by atoms with Crippen LogP contribution in [0.25, 0.3) is 0 Å². The summed E-state index contributed by atoms with van der Waals surface area (Å²) in [5.74, 6) is 0.717. The molecular formula is C19H21NO4S. The average molecular weight is 359 g/mol. The van der Waals surface area contributed by atoms with E-state index in [9.17, 15) is 9.59 Å². The molecule has 2 N–H and O–H groups in total. The molecule has 0 saturated carbocycles. The fraction of sp³-hybridized carbons (Fsp3) is 0.368. The zero-order valence-electron chi connectivity index (χ0n) is 14.3. The SMILES string of the molecule is C[C@H]1CCc2sc(C(=O)Oc3ccc(O[C@H](C)C(N)=O)cc3)cc2C1. The zero-order chi connectivity index (χ0) is 18.0.